The first-order valence-electron chi connectivity index (χ1n) is 10.6. The number of carboxylic acid groups (broad SMARTS) is 3. The molecule has 0 heterocycles. The van der Waals surface area contributed by atoms with Crippen LogP contribution in [0.15, 0.2) is 0 Å². The molecule has 0 aromatic rings. The van der Waals surface area contributed by atoms with Crippen molar-refractivity contribution in [2.24, 2.45) is 17.2 Å². The van der Waals surface area contributed by atoms with Gasteiger partial charge in [0, 0.05) is 25.3 Å². The van der Waals surface area contributed by atoms with Gasteiger partial charge in [0.05, 0.1) is 5.25 Å². The molecule has 0 rings (SSSR count). The molecule has 11 N–H and O–H groups in total. The fraction of sp³-hybridized carbons (Fsp3) is 0.737. The van der Waals surface area contributed by atoms with Crippen molar-refractivity contribution in [3.05, 3.63) is 0 Å². The number of rotatable bonds is 19. The quantitative estimate of drug-likeness (QED) is 0.0936. The third kappa shape index (κ3) is 15.1. The standard InChI is InChI=1S/C19H35N5O8S/c20-11(17(27)28)5-1-3-7-23-15(25)9-14(33-10-13(22)19(31)32)16(26)24-8-4-2-6-12(21)18(29)30/h11-14H,1-10,20-22H2,(H,23,25)(H,24,26)(H,27,28)(H,29,30)(H,31,32)/t11-,12-,13-,14?/m0/s1. The summed E-state index contributed by atoms with van der Waals surface area (Å²) in [5.41, 5.74) is 16.3. The number of unbranched alkanes of at least 4 members (excludes halogenated alkanes) is 2. The summed E-state index contributed by atoms with van der Waals surface area (Å²) in [4.78, 5) is 57.0. The van der Waals surface area contributed by atoms with Gasteiger partial charge in [-0.1, -0.05) is 0 Å². The smallest absolute Gasteiger partial charge is 0.321 e. The zero-order chi connectivity index (χ0) is 25.4. The fourth-order valence-corrected chi connectivity index (χ4v) is 3.62. The van der Waals surface area contributed by atoms with Crippen LogP contribution < -0.4 is 27.8 Å². The number of nitrogens with two attached hydrogens (primary N) is 3. The summed E-state index contributed by atoms with van der Waals surface area (Å²) in [6, 6.07) is -3.11. The maximum atomic E-state index is 12.5. The Morgan fingerprint density at radius 3 is 1.61 bits per heavy atom. The molecule has 33 heavy (non-hydrogen) atoms. The van der Waals surface area contributed by atoms with E-state index in [-0.39, 0.29) is 38.1 Å². The number of hydrogen-bond donors (Lipinski definition) is 8. The van der Waals surface area contributed by atoms with Crippen LogP contribution in [-0.4, -0.2) is 87.3 Å². The van der Waals surface area contributed by atoms with E-state index in [0.29, 0.717) is 25.7 Å². The van der Waals surface area contributed by atoms with Crippen molar-refractivity contribution >= 4 is 41.5 Å². The van der Waals surface area contributed by atoms with Crippen molar-refractivity contribution < 1.29 is 39.3 Å². The van der Waals surface area contributed by atoms with Gasteiger partial charge >= 0.3 is 17.9 Å². The van der Waals surface area contributed by atoms with Crippen LogP contribution in [0, 0.1) is 0 Å². The Kier molecular flexibility index (Phi) is 15.9. The number of thioether (sulfide) groups is 1. The molecule has 0 aromatic carbocycles. The summed E-state index contributed by atoms with van der Waals surface area (Å²) in [6.45, 7) is 0.529. The molecule has 2 amide bonds. The van der Waals surface area contributed by atoms with Gasteiger partial charge < -0.3 is 43.2 Å². The maximum Gasteiger partial charge on any atom is 0.321 e. The molecule has 0 bridgehead atoms. The number of carbonyl (C=O) groups excluding carboxylic acids is 2. The molecular formula is C19H35N5O8S. The van der Waals surface area contributed by atoms with E-state index in [0.717, 1.165) is 11.8 Å². The molecule has 0 spiro atoms. The van der Waals surface area contributed by atoms with Crippen LogP contribution in [0.3, 0.4) is 0 Å². The number of carboxylic acids is 3. The second-order valence-electron chi connectivity index (χ2n) is 7.49. The molecule has 190 valence electrons. The van der Waals surface area contributed by atoms with E-state index in [1.165, 1.54) is 0 Å². The average Bonchev–Trinajstić information content (AvgIpc) is 2.74. The van der Waals surface area contributed by atoms with Crippen LogP contribution in [0.1, 0.15) is 44.9 Å². The first-order valence-corrected chi connectivity index (χ1v) is 11.6. The molecule has 0 aliphatic rings. The Bertz CT molecular complexity index is 666. The van der Waals surface area contributed by atoms with Crippen LogP contribution in [0.4, 0.5) is 0 Å². The number of hydrogen-bond acceptors (Lipinski definition) is 9. The van der Waals surface area contributed by atoms with E-state index in [1.54, 1.807) is 0 Å². The lowest BCUT2D eigenvalue weighted by Crippen LogP contribution is -2.40. The Morgan fingerprint density at radius 2 is 1.15 bits per heavy atom. The van der Waals surface area contributed by atoms with Crippen LogP contribution in [0.2, 0.25) is 0 Å². The Morgan fingerprint density at radius 1 is 0.697 bits per heavy atom. The second-order valence-corrected chi connectivity index (χ2v) is 8.73. The summed E-state index contributed by atoms with van der Waals surface area (Å²) in [7, 11) is 0. The van der Waals surface area contributed by atoms with E-state index in [1.807, 2.05) is 0 Å². The molecule has 14 heteroatoms. The first kappa shape index (κ1) is 30.6. The highest BCUT2D eigenvalue weighted by Gasteiger charge is 2.24. The Balaban J connectivity index is 4.52. The van der Waals surface area contributed by atoms with Crippen molar-refractivity contribution in [1.29, 1.82) is 0 Å². The minimum atomic E-state index is -1.22. The molecule has 0 radical (unpaired) electrons. The van der Waals surface area contributed by atoms with Crippen LogP contribution in [0.5, 0.6) is 0 Å². The van der Waals surface area contributed by atoms with Crippen LogP contribution in [0.25, 0.3) is 0 Å². The molecule has 0 aliphatic heterocycles. The summed E-state index contributed by atoms with van der Waals surface area (Å²) < 4.78 is 0. The minimum absolute atomic E-state index is 0.0682. The van der Waals surface area contributed by atoms with Crippen molar-refractivity contribution in [3.8, 4) is 0 Å². The molecule has 0 saturated carbocycles. The lowest BCUT2D eigenvalue weighted by molar-refractivity contribution is -0.139. The van der Waals surface area contributed by atoms with Gasteiger partial charge in [-0.2, -0.15) is 0 Å². The predicted molar refractivity (Wildman–Crippen MR) is 121 cm³/mol. The van der Waals surface area contributed by atoms with Gasteiger partial charge in [0.25, 0.3) is 0 Å². The third-order valence-corrected chi connectivity index (χ3v) is 5.93. The SMILES string of the molecule is N[C@@H](CCCCNC(=O)CC(SC[C@H](N)C(=O)O)C(=O)NCCCC[C@H](N)C(=O)O)C(=O)O. The highest BCUT2D eigenvalue weighted by Crippen LogP contribution is 2.16. The lowest BCUT2D eigenvalue weighted by Gasteiger charge is -2.18. The fourth-order valence-electron chi connectivity index (χ4n) is 2.54. The Hall–Kier alpha value is -2.42. The van der Waals surface area contributed by atoms with Gasteiger partial charge in [0.15, 0.2) is 0 Å². The number of amides is 2. The van der Waals surface area contributed by atoms with E-state index in [9.17, 15) is 24.0 Å². The topological polar surface area (TPSA) is 248 Å². The molecule has 0 saturated heterocycles. The van der Waals surface area contributed by atoms with Crippen molar-refractivity contribution in [2.75, 3.05) is 18.8 Å². The average molecular weight is 494 g/mol. The normalized spacial score (nSPS) is 14.5. The summed E-state index contributed by atoms with van der Waals surface area (Å²) >= 11 is 0.960. The molecule has 0 aliphatic carbocycles. The molecule has 0 fully saturated rings. The van der Waals surface area contributed by atoms with E-state index < -0.39 is 53.1 Å². The third-order valence-electron chi connectivity index (χ3n) is 4.60. The van der Waals surface area contributed by atoms with E-state index in [4.69, 9.17) is 32.5 Å². The summed E-state index contributed by atoms with van der Waals surface area (Å²) in [6.07, 6.45) is 2.34. The highest BCUT2D eigenvalue weighted by atomic mass is 32.2. The van der Waals surface area contributed by atoms with Gasteiger partial charge in [-0.3, -0.25) is 24.0 Å². The summed E-state index contributed by atoms with van der Waals surface area (Å²) in [5, 5.41) is 30.8. The van der Waals surface area contributed by atoms with Crippen molar-refractivity contribution in [1.82, 2.24) is 10.6 Å². The lowest BCUT2D eigenvalue weighted by atomic mass is 10.1. The molecule has 1 unspecified atom stereocenters. The van der Waals surface area contributed by atoms with Gasteiger partial charge in [-0.05, 0) is 38.5 Å². The molecule has 4 atom stereocenters. The van der Waals surface area contributed by atoms with Crippen LogP contribution in [-0.2, 0) is 24.0 Å². The van der Waals surface area contributed by atoms with Crippen molar-refractivity contribution in [2.45, 2.75) is 68.3 Å². The molecular weight excluding hydrogens is 458 g/mol. The van der Waals surface area contributed by atoms with E-state index in [2.05, 4.69) is 10.6 Å². The predicted octanol–water partition coefficient (Wildman–Crippen LogP) is -1.71. The number of carbonyl (C=O) groups is 5. The highest BCUT2D eigenvalue weighted by molar-refractivity contribution is 8.00. The van der Waals surface area contributed by atoms with Gasteiger partial charge in [-0.15, -0.1) is 11.8 Å². The van der Waals surface area contributed by atoms with Gasteiger partial charge in [0.1, 0.15) is 18.1 Å². The zero-order valence-corrected chi connectivity index (χ0v) is 19.2. The van der Waals surface area contributed by atoms with E-state index >= 15 is 0 Å². The zero-order valence-electron chi connectivity index (χ0n) is 18.4. The monoisotopic (exact) mass is 493 g/mol. The van der Waals surface area contributed by atoms with Crippen molar-refractivity contribution in [3.63, 3.8) is 0 Å². The molecule has 0 aromatic heterocycles. The van der Waals surface area contributed by atoms with Gasteiger partial charge in [-0.25, -0.2) is 0 Å². The summed E-state index contributed by atoms with van der Waals surface area (Å²) in [5.74, 6) is -4.35. The van der Waals surface area contributed by atoms with Gasteiger partial charge in [0.2, 0.25) is 11.8 Å². The largest absolute Gasteiger partial charge is 0.480 e. The number of nitrogens with one attached hydrogen (secondary N) is 2. The maximum absolute atomic E-state index is 12.5. The Labute approximate surface area is 196 Å². The number of aliphatic carboxylic acids is 3. The second kappa shape index (κ2) is 17.1. The molecule has 13 nitrogen and oxygen atoms in total. The van der Waals surface area contributed by atoms with Crippen LogP contribution >= 0.6 is 11.8 Å². The first-order chi connectivity index (χ1) is 15.5. The minimum Gasteiger partial charge on any atom is -0.480 e.